The number of hydrogen-bond donors (Lipinski definition) is 0. The van der Waals surface area contributed by atoms with Crippen LogP contribution in [-0.4, -0.2) is 34.8 Å². The van der Waals surface area contributed by atoms with Crippen molar-refractivity contribution in [3.63, 3.8) is 0 Å². The highest BCUT2D eigenvalue weighted by Gasteiger charge is 2.27. The van der Waals surface area contributed by atoms with Gasteiger partial charge in [0.25, 0.3) is 5.91 Å². The Morgan fingerprint density at radius 2 is 2.12 bits per heavy atom. The topological polar surface area (TPSA) is 63.4 Å². The van der Waals surface area contributed by atoms with Gasteiger partial charge >= 0.3 is 0 Å². The smallest absolute Gasteiger partial charge is 0.292 e. The number of rotatable bonds is 2. The van der Waals surface area contributed by atoms with Crippen molar-refractivity contribution in [1.29, 1.82) is 0 Å². The fraction of sp³-hybridized carbons (Fsp3) is 0.545. The lowest BCUT2D eigenvalue weighted by Crippen LogP contribution is -2.39. The fourth-order valence-electron chi connectivity index (χ4n) is 1.97. The van der Waals surface area contributed by atoms with Gasteiger partial charge in [-0.25, -0.2) is 0 Å². The Balaban J connectivity index is 1.94. The molecule has 0 radical (unpaired) electrons. The zero-order valence-corrected chi connectivity index (χ0v) is 9.18. The molecule has 1 aliphatic heterocycles. The Morgan fingerprint density at radius 3 is 2.62 bits per heavy atom. The van der Waals surface area contributed by atoms with Crippen molar-refractivity contribution in [2.24, 2.45) is 5.92 Å². The minimum atomic E-state index is -0.139. The second-order valence-electron chi connectivity index (χ2n) is 4.05. The van der Waals surface area contributed by atoms with Gasteiger partial charge in [0.15, 0.2) is 0 Å². The van der Waals surface area contributed by atoms with Crippen LogP contribution in [0.5, 0.6) is 0 Å². The summed E-state index contributed by atoms with van der Waals surface area (Å²) in [7, 11) is 0. The van der Waals surface area contributed by atoms with Gasteiger partial charge in [-0.15, -0.1) is 0 Å². The zero-order valence-electron chi connectivity index (χ0n) is 9.18. The number of likely N-dealkylation sites (tertiary alicyclic amines) is 1. The maximum absolute atomic E-state index is 11.8. The molecule has 1 aromatic heterocycles. The van der Waals surface area contributed by atoms with Gasteiger partial charge in [-0.05, 0) is 19.8 Å². The van der Waals surface area contributed by atoms with Crippen LogP contribution in [0.3, 0.4) is 0 Å². The first-order valence-corrected chi connectivity index (χ1v) is 5.39. The van der Waals surface area contributed by atoms with Gasteiger partial charge in [0.2, 0.25) is 5.76 Å². The number of carbonyl (C=O) groups excluding carboxylic acids is 2. The van der Waals surface area contributed by atoms with E-state index in [1.54, 1.807) is 17.9 Å². The summed E-state index contributed by atoms with van der Waals surface area (Å²) in [6, 6.07) is 1.55. The van der Waals surface area contributed by atoms with E-state index in [9.17, 15) is 9.59 Å². The molecular formula is C11H14N2O3. The number of Topliss-reactive ketones (excluding diaryl/α,β-unsaturated/α-hetero) is 1. The maximum Gasteiger partial charge on any atom is 0.292 e. The third-order valence-electron chi connectivity index (χ3n) is 3.01. The minimum absolute atomic E-state index is 0.110. The third kappa shape index (κ3) is 2.13. The number of amides is 1. The molecule has 1 saturated heterocycles. The molecule has 0 aromatic carbocycles. The van der Waals surface area contributed by atoms with Gasteiger partial charge in [-0.1, -0.05) is 5.16 Å². The molecule has 2 heterocycles. The van der Waals surface area contributed by atoms with Gasteiger partial charge in [0.1, 0.15) is 5.78 Å². The summed E-state index contributed by atoms with van der Waals surface area (Å²) in [5.41, 5.74) is 0. The lowest BCUT2D eigenvalue weighted by atomic mass is 9.93. The molecule has 0 bridgehead atoms. The Labute approximate surface area is 93.4 Å². The monoisotopic (exact) mass is 222 g/mol. The summed E-state index contributed by atoms with van der Waals surface area (Å²) in [5.74, 6) is 0.450. The van der Waals surface area contributed by atoms with E-state index in [0.29, 0.717) is 13.1 Å². The van der Waals surface area contributed by atoms with E-state index in [0.717, 1.165) is 12.8 Å². The average molecular weight is 222 g/mol. The zero-order chi connectivity index (χ0) is 11.5. The molecular weight excluding hydrogens is 208 g/mol. The van der Waals surface area contributed by atoms with Crippen LogP contribution in [0.1, 0.15) is 30.3 Å². The van der Waals surface area contributed by atoms with Crippen LogP contribution in [0.2, 0.25) is 0 Å². The SMILES string of the molecule is CC(=O)C1CCN(C(=O)c2ccno2)CC1. The van der Waals surface area contributed by atoms with E-state index in [4.69, 9.17) is 4.52 Å². The minimum Gasteiger partial charge on any atom is -0.351 e. The van der Waals surface area contributed by atoms with Crippen LogP contribution in [-0.2, 0) is 4.79 Å². The molecule has 16 heavy (non-hydrogen) atoms. The van der Waals surface area contributed by atoms with E-state index < -0.39 is 0 Å². The summed E-state index contributed by atoms with van der Waals surface area (Å²) in [6.07, 6.45) is 2.94. The second-order valence-corrected chi connectivity index (χ2v) is 4.05. The molecule has 1 aliphatic rings. The van der Waals surface area contributed by atoms with E-state index in [-0.39, 0.29) is 23.4 Å². The quantitative estimate of drug-likeness (QED) is 0.752. The summed E-state index contributed by atoms with van der Waals surface area (Å²) in [6.45, 7) is 2.84. The molecule has 0 aliphatic carbocycles. The first-order chi connectivity index (χ1) is 7.68. The van der Waals surface area contributed by atoms with E-state index in [1.807, 2.05) is 0 Å². The molecule has 2 rings (SSSR count). The summed E-state index contributed by atoms with van der Waals surface area (Å²) in [4.78, 5) is 24.7. The molecule has 1 fully saturated rings. The molecule has 0 saturated carbocycles. The molecule has 1 amide bonds. The van der Waals surface area contributed by atoms with Crippen LogP contribution in [0.15, 0.2) is 16.8 Å². The summed E-state index contributed by atoms with van der Waals surface area (Å²) in [5, 5.41) is 3.50. The molecule has 0 N–H and O–H groups in total. The highest BCUT2D eigenvalue weighted by Crippen LogP contribution is 2.19. The van der Waals surface area contributed by atoms with Crippen LogP contribution < -0.4 is 0 Å². The molecule has 0 unspecified atom stereocenters. The van der Waals surface area contributed by atoms with Crippen molar-refractivity contribution in [3.05, 3.63) is 18.0 Å². The van der Waals surface area contributed by atoms with Crippen molar-refractivity contribution in [3.8, 4) is 0 Å². The average Bonchev–Trinajstić information content (AvgIpc) is 2.81. The summed E-state index contributed by atoms with van der Waals surface area (Å²) >= 11 is 0. The molecule has 0 atom stereocenters. The molecule has 86 valence electrons. The van der Waals surface area contributed by atoms with Crippen molar-refractivity contribution in [1.82, 2.24) is 10.1 Å². The van der Waals surface area contributed by atoms with Crippen LogP contribution in [0.4, 0.5) is 0 Å². The van der Waals surface area contributed by atoms with Crippen LogP contribution in [0.25, 0.3) is 0 Å². The van der Waals surface area contributed by atoms with Crippen molar-refractivity contribution in [2.75, 3.05) is 13.1 Å². The molecule has 1 aromatic rings. The number of hydrogen-bond acceptors (Lipinski definition) is 4. The second kappa shape index (κ2) is 4.47. The normalized spacial score (nSPS) is 17.4. The number of carbonyl (C=O) groups is 2. The van der Waals surface area contributed by atoms with Crippen molar-refractivity contribution < 1.29 is 14.1 Å². The summed E-state index contributed by atoms with van der Waals surface area (Å²) < 4.78 is 4.81. The Bertz CT molecular complexity index is 378. The highest BCUT2D eigenvalue weighted by molar-refractivity contribution is 5.91. The van der Waals surface area contributed by atoms with Crippen molar-refractivity contribution >= 4 is 11.7 Å². The number of piperidine rings is 1. The lowest BCUT2D eigenvalue weighted by Gasteiger charge is -2.29. The highest BCUT2D eigenvalue weighted by atomic mass is 16.5. The third-order valence-corrected chi connectivity index (χ3v) is 3.01. The Kier molecular flexibility index (Phi) is 3.03. The van der Waals surface area contributed by atoms with Gasteiger partial charge in [0.05, 0.1) is 6.20 Å². The fourth-order valence-corrected chi connectivity index (χ4v) is 1.97. The van der Waals surface area contributed by atoms with Gasteiger partial charge in [-0.2, -0.15) is 0 Å². The number of aromatic nitrogens is 1. The predicted octanol–water partition coefficient (Wildman–Crippen LogP) is 1.12. The standard InChI is InChI=1S/C11H14N2O3/c1-8(14)9-3-6-13(7-4-9)11(15)10-2-5-12-16-10/h2,5,9H,3-4,6-7H2,1H3. The van der Waals surface area contributed by atoms with E-state index >= 15 is 0 Å². The van der Waals surface area contributed by atoms with Crippen LogP contribution in [0, 0.1) is 5.92 Å². The molecule has 0 spiro atoms. The van der Waals surface area contributed by atoms with E-state index in [2.05, 4.69) is 5.16 Å². The lowest BCUT2D eigenvalue weighted by molar-refractivity contribution is -0.121. The maximum atomic E-state index is 11.8. The number of ketones is 1. The molecule has 5 heteroatoms. The largest absolute Gasteiger partial charge is 0.351 e. The number of nitrogens with zero attached hydrogens (tertiary/aromatic N) is 2. The van der Waals surface area contributed by atoms with Gasteiger partial charge in [0, 0.05) is 25.1 Å². The molecule has 5 nitrogen and oxygen atoms in total. The first kappa shape index (κ1) is 10.9. The Hall–Kier alpha value is -1.65. The van der Waals surface area contributed by atoms with E-state index in [1.165, 1.54) is 6.20 Å². The Morgan fingerprint density at radius 1 is 1.44 bits per heavy atom. The predicted molar refractivity (Wildman–Crippen MR) is 55.8 cm³/mol. The van der Waals surface area contributed by atoms with Crippen molar-refractivity contribution in [2.45, 2.75) is 19.8 Å². The van der Waals surface area contributed by atoms with Crippen LogP contribution >= 0.6 is 0 Å². The van der Waals surface area contributed by atoms with Gasteiger partial charge < -0.3 is 9.42 Å². The van der Waals surface area contributed by atoms with Gasteiger partial charge in [-0.3, -0.25) is 9.59 Å². The first-order valence-electron chi connectivity index (χ1n) is 5.39.